The van der Waals surface area contributed by atoms with Gasteiger partial charge in [0.15, 0.2) is 5.84 Å². The zero-order valence-corrected chi connectivity index (χ0v) is 26.0. The molecule has 5 nitrogen and oxygen atoms in total. The third kappa shape index (κ3) is 3.91. The van der Waals surface area contributed by atoms with Crippen LogP contribution in [0.25, 0.3) is 60.1 Å². The van der Waals surface area contributed by atoms with E-state index in [0.29, 0.717) is 5.84 Å². The molecular weight excluding hydrogens is 587 g/mol. The molecule has 7 aromatic carbocycles. The van der Waals surface area contributed by atoms with Crippen LogP contribution in [-0.2, 0) is 0 Å². The Hall–Kier alpha value is -6.46. The number of aliphatic imine (C=N–C) groups is 2. The van der Waals surface area contributed by atoms with Crippen molar-refractivity contribution in [2.24, 2.45) is 9.98 Å². The first-order valence-corrected chi connectivity index (χ1v) is 16.3. The van der Waals surface area contributed by atoms with Crippen molar-refractivity contribution in [1.29, 1.82) is 0 Å². The minimum Gasteiger partial charge on any atom is -0.330 e. The van der Waals surface area contributed by atoms with Gasteiger partial charge in [0.25, 0.3) is 0 Å². The Balaban J connectivity index is 1.41. The summed E-state index contributed by atoms with van der Waals surface area (Å²) in [5, 5.41) is 11.1. The SMILES string of the molecule is c1ccc(C2=NC(c3ccccc3)NC(n3c4ccccc4c4c5ccccc5c5c6ccccc6n(-c6ccccc6)c5c43)=N2)cc1. The molecule has 0 amide bonds. The third-order valence-corrected chi connectivity index (χ3v) is 9.54. The van der Waals surface area contributed by atoms with Crippen LogP contribution in [0, 0.1) is 0 Å². The number of hydrogen-bond acceptors (Lipinski definition) is 3. The van der Waals surface area contributed by atoms with Crippen LogP contribution in [0.4, 0.5) is 0 Å². The number of nitrogens with one attached hydrogen (secondary N) is 1. The third-order valence-electron chi connectivity index (χ3n) is 9.54. The van der Waals surface area contributed by atoms with Gasteiger partial charge in [0.05, 0.1) is 22.1 Å². The zero-order chi connectivity index (χ0) is 31.6. The molecule has 1 N–H and O–H groups in total. The second kappa shape index (κ2) is 10.5. The summed E-state index contributed by atoms with van der Waals surface area (Å²) < 4.78 is 4.77. The molecule has 0 bridgehead atoms. The van der Waals surface area contributed by atoms with Gasteiger partial charge < -0.3 is 9.88 Å². The predicted molar refractivity (Wildman–Crippen MR) is 199 cm³/mol. The maximum Gasteiger partial charge on any atom is 0.212 e. The lowest BCUT2D eigenvalue weighted by atomic mass is 9.98. The summed E-state index contributed by atoms with van der Waals surface area (Å²) in [6, 6.07) is 57.7. The summed E-state index contributed by atoms with van der Waals surface area (Å²) in [6.45, 7) is 0. The van der Waals surface area contributed by atoms with E-state index >= 15 is 0 Å². The van der Waals surface area contributed by atoms with E-state index in [1.807, 2.05) is 24.3 Å². The van der Waals surface area contributed by atoms with Gasteiger partial charge in [-0.3, -0.25) is 4.57 Å². The van der Waals surface area contributed by atoms with Crippen LogP contribution in [0.15, 0.2) is 174 Å². The summed E-state index contributed by atoms with van der Waals surface area (Å²) in [4.78, 5) is 10.5. The monoisotopic (exact) mass is 615 g/mol. The molecule has 0 saturated heterocycles. The molecule has 10 rings (SSSR count). The first-order valence-electron chi connectivity index (χ1n) is 16.3. The number of benzene rings is 7. The second-order valence-electron chi connectivity index (χ2n) is 12.2. The van der Waals surface area contributed by atoms with Crippen molar-refractivity contribution in [3.8, 4) is 5.69 Å². The van der Waals surface area contributed by atoms with E-state index in [9.17, 15) is 0 Å². The molecule has 0 aliphatic carbocycles. The molecule has 226 valence electrons. The fraction of sp³-hybridized carbons (Fsp3) is 0.0233. The average Bonchev–Trinajstić information content (AvgIpc) is 3.70. The van der Waals surface area contributed by atoms with Crippen molar-refractivity contribution in [3.05, 3.63) is 175 Å². The summed E-state index contributed by atoms with van der Waals surface area (Å²) in [5.74, 6) is 1.44. The average molecular weight is 616 g/mol. The summed E-state index contributed by atoms with van der Waals surface area (Å²) >= 11 is 0. The molecule has 3 heterocycles. The molecule has 0 fully saturated rings. The maximum absolute atomic E-state index is 5.32. The van der Waals surface area contributed by atoms with E-state index in [0.717, 1.165) is 39.3 Å². The Morgan fingerprint density at radius 1 is 0.458 bits per heavy atom. The summed E-state index contributed by atoms with van der Waals surface area (Å²) in [7, 11) is 0. The predicted octanol–water partition coefficient (Wildman–Crippen LogP) is 10.00. The molecule has 1 unspecified atom stereocenters. The number of rotatable bonds is 3. The van der Waals surface area contributed by atoms with Crippen LogP contribution in [0.5, 0.6) is 0 Å². The van der Waals surface area contributed by atoms with Gasteiger partial charge in [0.2, 0.25) is 5.96 Å². The fourth-order valence-corrected chi connectivity index (χ4v) is 7.53. The highest BCUT2D eigenvalue weighted by molar-refractivity contribution is 6.37. The Morgan fingerprint density at radius 3 is 1.56 bits per heavy atom. The highest BCUT2D eigenvalue weighted by Crippen LogP contribution is 2.45. The normalized spacial score (nSPS) is 14.9. The minimum absolute atomic E-state index is 0.318. The standard InChI is InChI=1S/C43H29N5/c1-4-16-28(17-5-1)41-44-42(29-18-6-2-7-19-29)46-43(45-41)48-36-27-15-13-25-34(36)38-32-23-11-10-22-31(32)37-33-24-12-14-26-35(33)47(39(37)40(38)48)30-20-8-3-9-21-30/h1-27,41H,(H,44,45,46). The first-order chi connectivity index (χ1) is 23.8. The highest BCUT2D eigenvalue weighted by atomic mass is 15.3. The van der Waals surface area contributed by atoms with Crippen LogP contribution in [0.2, 0.25) is 0 Å². The number of fused-ring (bicyclic) bond motifs is 10. The Bertz CT molecular complexity index is 2740. The molecule has 5 heteroatoms. The lowest BCUT2D eigenvalue weighted by Crippen LogP contribution is -2.37. The van der Waals surface area contributed by atoms with E-state index in [1.165, 1.54) is 37.8 Å². The van der Waals surface area contributed by atoms with Gasteiger partial charge in [-0.25, -0.2) is 4.99 Å². The van der Waals surface area contributed by atoms with E-state index in [-0.39, 0.29) is 6.17 Å². The summed E-state index contributed by atoms with van der Waals surface area (Å²) in [5.41, 5.74) is 7.68. The van der Waals surface area contributed by atoms with Gasteiger partial charge in [-0.15, -0.1) is 0 Å². The zero-order valence-electron chi connectivity index (χ0n) is 26.0. The van der Waals surface area contributed by atoms with Crippen molar-refractivity contribution in [2.45, 2.75) is 6.17 Å². The van der Waals surface area contributed by atoms with Crippen molar-refractivity contribution in [2.75, 3.05) is 0 Å². The highest BCUT2D eigenvalue weighted by Gasteiger charge is 2.28. The molecule has 1 aliphatic rings. The first kappa shape index (κ1) is 26.7. The van der Waals surface area contributed by atoms with Gasteiger partial charge in [0, 0.05) is 32.8 Å². The van der Waals surface area contributed by atoms with Gasteiger partial charge >= 0.3 is 0 Å². The fourth-order valence-electron chi connectivity index (χ4n) is 7.53. The van der Waals surface area contributed by atoms with Crippen LogP contribution >= 0.6 is 0 Å². The molecule has 9 aromatic rings. The lowest BCUT2D eigenvalue weighted by Gasteiger charge is -2.25. The van der Waals surface area contributed by atoms with Gasteiger partial charge in [-0.2, -0.15) is 4.99 Å². The van der Waals surface area contributed by atoms with E-state index in [2.05, 4.69) is 154 Å². The molecular formula is C43H29N5. The van der Waals surface area contributed by atoms with Crippen molar-refractivity contribution < 1.29 is 0 Å². The molecule has 0 saturated carbocycles. The number of para-hydroxylation sites is 3. The largest absolute Gasteiger partial charge is 0.330 e. The number of amidine groups is 1. The van der Waals surface area contributed by atoms with E-state index in [4.69, 9.17) is 9.98 Å². The minimum atomic E-state index is -0.318. The number of nitrogens with zero attached hydrogens (tertiary/aromatic N) is 4. The van der Waals surface area contributed by atoms with Crippen LogP contribution in [0.1, 0.15) is 17.3 Å². The Labute approximate surface area is 276 Å². The Morgan fingerprint density at radius 2 is 0.938 bits per heavy atom. The van der Waals surface area contributed by atoms with Crippen molar-refractivity contribution >= 4 is 66.2 Å². The van der Waals surface area contributed by atoms with Gasteiger partial charge in [-0.1, -0.05) is 140 Å². The lowest BCUT2D eigenvalue weighted by molar-refractivity contribution is 0.661. The van der Waals surface area contributed by atoms with Crippen LogP contribution in [-0.4, -0.2) is 20.9 Å². The van der Waals surface area contributed by atoms with Crippen LogP contribution in [0.3, 0.4) is 0 Å². The van der Waals surface area contributed by atoms with Gasteiger partial charge in [-0.05, 0) is 40.6 Å². The molecule has 0 spiro atoms. The maximum atomic E-state index is 5.32. The van der Waals surface area contributed by atoms with Crippen LogP contribution < -0.4 is 5.32 Å². The topological polar surface area (TPSA) is 46.6 Å². The van der Waals surface area contributed by atoms with Crippen molar-refractivity contribution in [3.63, 3.8) is 0 Å². The summed E-state index contributed by atoms with van der Waals surface area (Å²) in [6.07, 6.45) is -0.318. The quantitative estimate of drug-likeness (QED) is 0.211. The molecule has 1 atom stereocenters. The number of hydrogen-bond donors (Lipinski definition) is 1. The van der Waals surface area contributed by atoms with Gasteiger partial charge in [0.1, 0.15) is 6.17 Å². The Kier molecular flexibility index (Phi) is 5.87. The van der Waals surface area contributed by atoms with E-state index < -0.39 is 0 Å². The van der Waals surface area contributed by atoms with Crippen molar-refractivity contribution in [1.82, 2.24) is 14.5 Å². The molecule has 1 aliphatic heterocycles. The smallest absolute Gasteiger partial charge is 0.212 e. The number of aromatic nitrogens is 2. The molecule has 2 aromatic heterocycles. The molecule has 0 radical (unpaired) electrons. The second-order valence-corrected chi connectivity index (χ2v) is 12.2. The molecule has 48 heavy (non-hydrogen) atoms. The van der Waals surface area contributed by atoms with E-state index in [1.54, 1.807) is 0 Å².